The number of aliphatic hydroxyl groups excluding tert-OH is 1. The van der Waals surface area contributed by atoms with Gasteiger partial charge in [-0.15, -0.1) is 0 Å². The van der Waals surface area contributed by atoms with Crippen molar-refractivity contribution in [2.45, 2.75) is 36.7 Å². The molecule has 1 aliphatic rings. The van der Waals surface area contributed by atoms with E-state index >= 15 is 0 Å². The Morgan fingerprint density at radius 1 is 1.38 bits per heavy atom. The molecule has 0 bridgehead atoms. The lowest BCUT2D eigenvalue weighted by Gasteiger charge is -2.26. The number of hydrogen-bond donors (Lipinski definition) is 4. The number of anilines is 2. The maximum Gasteiger partial charge on any atom is 0.242 e. The maximum absolute atomic E-state index is 12.0. The second-order valence-corrected chi connectivity index (χ2v) is 7.39. The van der Waals surface area contributed by atoms with Crippen LogP contribution in [0.3, 0.4) is 0 Å². The Morgan fingerprint density at radius 2 is 2.14 bits per heavy atom. The van der Waals surface area contributed by atoms with Gasteiger partial charge in [0.15, 0.2) is 0 Å². The van der Waals surface area contributed by atoms with Crippen molar-refractivity contribution in [1.29, 1.82) is 0 Å². The average molecular weight is 313 g/mol. The summed E-state index contributed by atoms with van der Waals surface area (Å²) in [5.41, 5.74) is 6.63. The van der Waals surface area contributed by atoms with Crippen LogP contribution >= 0.6 is 0 Å². The molecule has 0 saturated heterocycles. The Balaban J connectivity index is 2.13. The molecule has 2 atom stereocenters. The largest absolute Gasteiger partial charge is 0.399 e. The molecule has 1 saturated carbocycles. The number of nitrogen functional groups attached to an aromatic ring is 1. The molecular weight excluding hydrogens is 290 g/mol. The predicted octanol–water partition coefficient (Wildman–Crippen LogP) is 1.14. The average Bonchev–Trinajstić information content (AvgIpc) is 2.46. The lowest BCUT2D eigenvalue weighted by Crippen LogP contribution is -2.26. The highest BCUT2D eigenvalue weighted by molar-refractivity contribution is 7.89. The molecule has 2 rings (SSSR count). The molecule has 1 fully saturated rings. The fraction of sp³-hybridized carbons (Fsp3) is 0.571. The highest BCUT2D eigenvalue weighted by Gasteiger charge is 2.21. The second kappa shape index (κ2) is 6.64. The molecule has 0 aliphatic heterocycles. The number of hydrogen-bond acceptors (Lipinski definition) is 5. The van der Waals surface area contributed by atoms with Gasteiger partial charge in [0.1, 0.15) is 4.90 Å². The van der Waals surface area contributed by atoms with Crippen LogP contribution in [0.2, 0.25) is 0 Å². The molecule has 6 nitrogen and oxygen atoms in total. The number of rotatable bonds is 5. The summed E-state index contributed by atoms with van der Waals surface area (Å²) in [7, 11) is -2.18. The fourth-order valence-electron chi connectivity index (χ4n) is 2.72. The lowest BCUT2D eigenvalue weighted by atomic mass is 9.87. The molecule has 2 unspecified atom stereocenters. The number of nitrogens with two attached hydrogens (primary N) is 1. The van der Waals surface area contributed by atoms with E-state index in [1.54, 1.807) is 12.1 Å². The molecular formula is C14H23N3O3S. The first-order chi connectivity index (χ1) is 9.92. The van der Waals surface area contributed by atoms with Gasteiger partial charge in [0.05, 0.1) is 11.8 Å². The molecule has 1 aliphatic carbocycles. The van der Waals surface area contributed by atoms with E-state index in [1.807, 2.05) is 0 Å². The molecule has 1 aromatic carbocycles. The minimum absolute atomic E-state index is 0.154. The number of aliphatic hydroxyl groups is 1. The Kier molecular flexibility index (Phi) is 5.08. The summed E-state index contributed by atoms with van der Waals surface area (Å²) in [6.07, 6.45) is 3.44. The Labute approximate surface area is 125 Å². The summed E-state index contributed by atoms with van der Waals surface area (Å²) < 4.78 is 26.4. The van der Waals surface area contributed by atoms with Crippen LogP contribution in [-0.2, 0) is 10.0 Å². The summed E-state index contributed by atoms with van der Waals surface area (Å²) in [5, 5.41) is 12.9. The monoisotopic (exact) mass is 313 g/mol. The molecule has 0 amide bonds. The van der Waals surface area contributed by atoms with Crippen molar-refractivity contribution in [1.82, 2.24) is 4.72 Å². The van der Waals surface area contributed by atoms with Crippen molar-refractivity contribution < 1.29 is 13.5 Å². The SMILES string of the molecule is CNS(=O)(=O)c1cc(N)ccc1NCC1CCCC(O)C1. The van der Waals surface area contributed by atoms with Crippen LogP contribution in [0, 0.1) is 5.92 Å². The van der Waals surface area contributed by atoms with Gasteiger partial charge in [-0.05, 0) is 50.4 Å². The van der Waals surface area contributed by atoms with Gasteiger partial charge >= 0.3 is 0 Å². The van der Waals surface area contributed by atoms with Crippen LogP contribution < -0.4 is 15.8 Å². The quantitative estimate of drug-likeness (QED) is 0.610. The summed E-state index contributed by atoms with van der Waals surface area (Å²) in [4.78, 5) is 0.154. The third-order valence-electron chi connectivity index (χ3n) is 3.90. The zero-order valence-corrected chi connectivity index (χ0v) is 13.0. The number of nitrogens with one attached hydrogen (secondary N) is 2. The third kappa shape index (κ3) is 4.09. The van der Waals surface area contributed by atoms with Gasteiger partial charge < -0.3 is 16.2 Å². The maximum atomic E-state index is 12.0. The lowest BCUT2D eigenvalue weighted by molar-refractivity contribution is 0.104. The molecule has 5 N–H and O–H groups in total. The van der Waals surface area contributed by atoms with E-state index in [1.165, 1.54) is 13.1 Å². The van der Waals surface area contributed by atoms with Gasteiger partial charge in [0, 0.05) is 12.2 Å². The predicted molar refractivity (Wildman–Crippen MR) is 83.6 cm³/mol. The van der Waals surface area contributed by atoms with Crippen molar-refractivity contribution in [3.8, 4) is 0 Å². The number of sulfonamides is 1. The second-order valence-electron chi connectivity index (χ2n) is 5.53. The first-order valence-electron chi connectivity index (χ1n) is 7.17. The summed E-state index contributed by atoms with van der Waals surface area (Å²) >= 11 is 0. The minimum atomic E-state index is -3.56. The van der Waals surface area contributed by atoms with Crippen LogP contribution in [-0.4, -0.2) is 33.2 Å². The Hall–Kier alpha value is -1.31. The van der Waals surface area contributed by atoms with Gasteiger partial charge in [0.2, 0.25) is 10.0 Å². The van der Waals surface area contributed by atoms with Gasteiger partial charge in [-0.25, -0.2) is 13.1 Å². The fourth-order valence-corrected chi connectivity index (χ4v) is 3.66. The standard InChI is InChI=1S/C14H23N3O3S/c1-16-21(19,20)14-8-11(15)5-6-13(14)17-9-10-3-2-4-12(18)7-10/h5-6,8,10,12,16-18H,2-4,7,9,15H2,1H3. The van der Waals surface area contributed by atoms with Crippen molar-refractivity contribution in [2.24, 2.45) is 5.92 Å². The van der Waals surface area contributed by atoms with E-state index in [-0.39, 0.29) is 11.0 Å². The van der Waals surface area contributed by atoms with Gasteiger partial charge in [-0.2, -0.15) is 0 Å². The highest BCUT2D eigenvalue weighted by atomic mass is 32.2. The minimum Gasteiger partial charge on any atom is -0.399 e. The zero-order valence-electron chi connectivity index (χ0n) is 12.2. The van der Waals surface area contributed by atoms with E-state index in [4.69, 9.17) is 5.73 Å². The summed E-state index contributed by atoms with van der Waals surface area (Å²) in [6, 6.07) is 4.80. The Bertz CT molecular complexity index is 589. The van der Waals surface area contributed by atoms with Crippen molar-refractivity contribution >= 4 is 21.4 Å². The smallest absolute Gasteiger partial charge is 0.242 e. The Morgan fingerprint density at radius 3 is 2.81 bits per heavy atom. The highest BCUT2D eigenvalue weighted by Crippen LogP contribution is 2.27. The van der Waals surface area contributed by atoms with Crippen LogP contribution in [0.1, 0.15) is 25.7 Å². The van der Waals surface area contributed by atoms with Gasteiger partial charge in [-0.3, -0.25) is 0 Å². The zero-order chi connectivity index (χ0) is 15.5. The normalized spacial score (nSPS) is 23.0. The molecule has 118 valence electrons. The van der Waals surface area contributed by atoms with Crippen LogP contribution in [0.5, 0.6) is 0 Å². The molecule has 1 aromatic rings. The van der Waals surface area contributed by atoms with Crippen molar-refractivity contribution in [3.05, 3.63) is 18.2 Å². The van der Waals surface area contributed by atoms with Gasteiger partial charge in [0.25, 0.3) is 0 Å². The van der Waals surface area contributed by atoms with Crippen molar-refractivity contribution in [2.75, 3.05) is 24.6 Å². The van der Waals surface area contributed by atoms with E-state index in [0.29, 0.717) is 23.8 Å². The molecule has 21 heavy (non-hydrogen) atoms. The van der Waals surface area contributed by atoms with Crippen LogP contribution in [0.15, 0.2) is 23.1 Å². The topological polar surface area (TPSA) is 104 Å². The number of benzene rings is 1. The third-order valence-corrected chi connectivity index (χ3v) is 5.35. The molecule has 0 aromatic heterocycles. The van der Waals surface area contributed by atoms with E-state index in [0.717, 1.165) is 25.7 Å². The van der Waals surface area contributed by atoms with Crippen molar-refractivity contribution in [3.63, 3.8) is 0 Å². The molecule has 0 radical (unpaired) electrons. The first kappa shape index (κ1) is 16.1. The summed E-state index contributed by atoms with van der Waals surface area (Å²) in [6.45, 7) is 0.646. The van der Waals surface area contributed by atoms with E-state index in [2.05, 4.69) is 10.0 Å². The molecule has 0 heterocycles. The molecule has 7 heteroatoms. The van der Waals surface area contributed by atoms with Gasteiger partial charge in [-0.1, -0.05) is 6.42 Å². The van der Waals surface area contributed by atoms with E-state index < -0.39 is 10.0 Å². The first-order valence-corrected chi connectivity index (χ1v) is 8.65. The van der Waals surface area contributed by atoms with Crippen LogP contribution in [0.25, 0.3) is 0 Å². The van der Waals surface area contributed by atoms with Crippen LogP contribution in [0.4, 0.5) is 11.4 Å². The summed E-state index contributed by atoms with van der Waals surface area (Å²) in [5.74, 6) is 0.358. The van der Waals surface area contributed by atoms with E-state index in [9.17, 15) is 13.5 Å². The molecule has 0 spiro atoms.